The van der Waals surface area contributed by atoms with E-state index in [1.807, 2.05) is 12.1 Å². The molecule has 1 saturated heterocycles. The van der Waals surface area contributed by atoms with Gasteiger partial charge in [-0.05, 0) is 43.3 Å². The number of rotatable bonds is 5. The van der Waals surface area contributed by atoms with Crippen molar-refractivity contribution in [2.75, 3.05) is 13.1 Å². The first-order valence-electron chi connectivity index (χ1n) is 6.98. The maximum Gasteiger partial charge on any atom is 0.163 e. The van der Waals surface area contributed by atoms with Crippen molar-refractivity contribution in [1.29, 1.82) is 0 Å². The predicted octanol–water partition coefficient (Wildman–Crippen LogP) is 3.07. The predicted molar refractivity (Wildman–Crippen MR) is 74.9 cm³/mol. The first-order valence-corrected chi connectivity index (χ1v) is 6.98. The maximum atomic E-state index is 12.1. The van der Waals surface area contributed by atoms with Gasteiger partial charge in [-0.15, -0.1) is 0 Å². The zero-order valence-electron chi connectivity index (χ0n) is 11.4. The molecule has 0 saturated carbocycles. The molecule has 1 aromatic rings. The molecule has 0 amide bonds. The smallest absolute Gasteiger partial charge is 0.163 e. The van der Waals surface area contributed by atoms with E-state index in [1.54, 1.807) is 0 Å². The van der Waals surface area contributed by atoms with Crippen LogP contribution in [0.4, 0.5) is 0 Å². The second-order valence-electron chi connectivity index (χ2n) is 5.78. The minimum absolute atomic E-state index is 0.291. The van der Waals surface area contributed by atoms with Crippen molar-refractivity contribution in [2.24, 2.45) is 11.8 Å². The maximum absolute atomic E-state index is 12.1. The van der Waals surface area contributed by atoms with Gasteiger partial charge in [-0.1, -0.05) is 38.1 Å². The summed E-state index contributed by atoms with van der Waals surface area (Å²) in [7, 11) is 0. The number of ketones is 1. The fourth-order valence-corrected chi connectivity index (χ4v) is 2.57. The minimum atomic E-state index is 0.291. The molecule has 2 rings (SSSR count). The summed E-state index contributed by atoms with van der Waals surface area (Å²) in [4.78, 5) is 12.1. The van der Waals surface area contributed by atoms with Crippen LogP contribution >= 0.6 is 0 Å². The van der Waals surface area contributed by atoms with E-state index in [0.29, 0.717) is 24.0 Å². The lowest BCUT2D eigenvalue weighted by molar-refractivity contribution is 0.0964. The van der Waals surface area contributed by atoms with Gasteiger partial charge in [0.15, 0.2) is 5.78 Å². The Morgan fingerprint density at radius 3 is 2.61 bits per heavy atom. The number of carbonyl (C=O) groups excluding carboxylic acids is 1. The average Bonchev–Trinajstić information content (AvgIpc) is 2.82. The minimum Gasteiger partial charge on any atom is -0.316 e. The third-order valence-electron chi connectivity index (χ3n) is 3.56. The van der Waals surface area contributed by atoms with Gasteiger partial charge in [0.2, 0.25) is 0 Å². The first-order chi connectivity index (χ1) is 8.65. The summed E-state index contributed by atoms with van der Waals surface area (Å²) in [5.74, 6) is 1.49. The molecule has 1 aliphatic heterocycles. The van der Waals surface area contributed by atoms with Crippen molar-refractivity contribution in [2.45, 2.75) is 33.1 Å². The highest BCUT2D eigenvalue weighted by atomic mass is 16.1. The van der Waals surface area contributed by atoms with Gasteiger partial charge in [-0.3, -0.25) is 4.79 Å². The first kappa shape index (κ1) is 13.3. The van der Waals surface area contributed by atoms with E-state index in [1.165, 1.54) is 5.56 Å². The van der Waals surface area contributed by atoms with Crippen LogP contribution < -0.4 is 5.32 Å². The van der Waals surface area contributed by atoms with Crippen LogP contribution in [0.5, 0.6) is 0 Å². The van der Waals surface area contributed by atoms with E-state index in [9.17, 15) is 4.79 Å². The van der Waals surface area contributed by atoms with Gasteiger partial charge in [-0.25, -0.2) is 0 Å². The summed E-state index contributed by atoms with van der Waals surface area (Å²) in [6.07, 6.45) is 2.91. The van der Waals surface area contributed by atoms with Gasteiger partial charge in [0.1, 0.15) is 0 Å². The Kier molecular flexibility index (Phi) is 4.54. The molecule has 0 aliphatic carbocycles. The Bertz CT molecular complexity index is 388. The van der Waals surface area contributed by atoms with Crippen LogP contribution in [-0.4, -0.2) is 18.9 Å². The summed E-state index contributed by atoms with van der Waals surface area (Å²) in [6, 6.07) is 8.17. The van der Waals surface area contributed by atoms with Crippen LogP contribution in [0, 0.1) is 11.8 Å². The van der Waals surface area contributed by atoms with Gasteiger partial charge in [0.25, 0.3) is 0 Å². The van der Waals surface area contributed by atoms with Crippen LogP contribution in [-0.2, 0) is 6.42 Å². The van der Waals surface area contributed by atoms with E-state index in [4.69, 9.17) is 0 Å². The molecule has 2 heteroatoms. The van der Waals surface area contributed by atoms with Crippen LogP contribution in [0.1, 0.15) is 42.6 Å². The van der Waals surface area contributed by atoms with Crippen LogP contribution in [0.3, 0.4) is 0 Å². The van der Waals surface area contributed by atoms with Crippen molar-refractivity contribution < 1.29 is 4.79 Å². The summed E-state index contributed by atoms with van der Waals surface area (Å²) >= 11 is 0. The number of carbonyl (C=O) groups is 1. The van der Waals surface area contributed by atoms with Crippen LogP contribution in [0.2, 0.25) is 0 Å². The van der Waals surface area contributed by atoms with Crippen molar-refractivity contribution in [3.05, 3.63) is 35.4 Å². The molecule has 2 nitrogen and oxygen atoms in total. The van der Waals surface area contributed by atoms with Crippen molar-refractivity contribution in [3.63, 3.8) is 0 Å². The molecule has 0 spiro atoms. The fraction of sp³-hybridized carbons (Fsp3) is 0.562. The zero-order chi connectivity index (χ0) is 13.0. The third-order valence-corrected chi connectivity index (χ3v) is 3.56. The second-order valence-corrected chi connectivity index (χ2v) is 5.78. The molecule has 1 unspecified atom stereocenters. The van der Waals surface area contributed by atoms with E-state index >= 15 is 0 Å². The molecular formula is C16H23NO. The normalized spacial score (nSPS) is 19.4. The Hall–Kier alpha value is -1.15. The van der Waals surface area contributed by atoms with Crippen molar-refractivity contribution in [1.82, 2.24) is 5.32 Å². The standard InChI is InChI=1S/C16H23NO/c1-12(2)9-13-3-5-15(6-4-13)16(18)10-14-7-8-17-11-14/h3-6,12,14,17H,7-11H2,1-2H3. The third kappa shape index (κ3) is 3.67. The summed E-state index contributed by atoms with van der Waals surface area (Å²) in [5.41, 5.74) is 2.19. The molecule has 1 atom stereocenters. The van der Waals surface area contributed by atoms with E-state index in [2.05, 4.69) is 31.3 Å². The molecule has 1 aromatic carbocycles. The highest BCUT2D eigenvalue weighted by Crippen LogP contribution is 2.17. The molecule has 0 bridgehead atoms. The van der Waals surface area contributed by atoms with E-state index < -0.39 is 0 Å². The van der Waals surface area contributed by atoms with Gasteiger partial charge >= 0.3 is 0 Å². The number of hydrogen-bond donors (Lipinski definition) is 1. The lowest BCUT2D eigenvalue weighted by Gasteiger charge is -2.08. The molecule has 0 radical (unpaired) electrons. The quantitative estimate of drug-likeness (QED) is 0.808. The molecule has 1 N–H and O–H groups in total. The molecular weight excluding hydrogens is 222 g/mol. The van der Waals surface area contributed by atoms with E-state index in [0.717, 1.165) is 31.5 Å². The monoisotopic (exact) mass is 245 g/mol. The Morgan fingerprint density at radius 2 is 2.06 bits per heavy atom. The second kappa shape index (κ2) is 6.14. The lowest BCUT2D eigenvalue weighted by Crippen LogP contribution is -2.12. The largest absolute Gasteiger partial charge is 0.316 e. The summed E-state index contributed by atoms with van der Waals surface area (Å²) in [5, 5.41) is 3.31. The SMILES string of the molecule is CC(C)Cc1ccc(C(=O)CC2CCNC2)cc1. The molecule has 1 fully saturated rings. The van der Waals surface area contributed by atoms with Crippen LogP contribution in [0.25, 0.3) is 0 Å². The van der Waals surface area contributed by atoms with Crippen molar-refractivity contribution >= 4 is 5.78 Å². The fourth-order valence-electron chi connectivity index (χ4n) is 2.57. The topological polar surface area (TPSA) is 29.1 Å². The Morgan fingerprint density at radius 1 is 1.33 bits per heavy atom. The molecule has 18 heavy (non-hydrogen) atoms. The highest BCUT2D eigenvalue weighted by molar-refractivity contribution is 5.96. The molecule has 0 aromatic heterocycles. The lowest BCUT2D eigenvalue weighted by atomic mass is 9.96. The zero-order valence-corrected chi connectivity index (χ0v) is 11.4. The van der Waals surface area contributed by atoms with Gasteiger partial charge < -0.3 is 5.32 Å². The molecule has 1 heterocycles. The summed E-state index contributed by atoms with van der Waals surface area (Å²) < 4.78 is 0. The highest BCUT2D eigenvalue weighted by Gasteiger charge is 2.18. The number of benzene rings is 1. The van der Waals surface area contributed by atoms with Gasteiger partial charge in [0.05, 0.1) is 0 Å². The number of hydrogen-bond acceptors (Lipinski definition) is 2. The van der Waals surface area contributed by atoms with Crippen LogP contribution in [0.15, 0.2) is 24.3 Å². The van der Waals surface area contributed by atoms with Gasteiger partial charge in [0, 0.05) is 12.0 Å². The average molecular weight is 245 g/mol. The Labute approximate surface area is 110 Å². The van der Waals surface area contributed by atoms with Crippen molar-refractivity contribution in [3.8, 4) is 0 Å². The number of nitrogens with one attached hydrogen (secondary N) is 1. The Balaban J connectivity index is 1.93. The summed E-state index contributed by atoms with van der Waals surface area (Å²) in [6.45, 7) is 6.49. The van der Waals surface area contributed by atoms with Gasteiger partial charge in [-0.2, -0.15) is 0 Å². The van der Waals surface area contributed by atoms with E-state index in [-0.39, 0.29) is 0 Å². The molecule has 1 aliphatic rings. The number of Topliss-reactive ketones (excluding diaryl/α,β-unsaturated/α-hetero) is 1. The molecule has 98 valence electrons.